The van der Waals surface area contributed by atoms with Gasteiger partial charge in [-0.05, 0) is 72.8 Å². The summed E-state index contributed by atoms with van der Waals surface area (Å²) >= 11 is 5.37. The van der Waals surface area contributed by atoms with Gasteiger partial charge >= 0.3 is 0 Å². The van der Waals surface area contributed by atoms with E-state index in [9.17, 15) is 0 Å². The zero-order valence-corrected chi connectivity index (χ0v) is 15.3. The van der Waals surface area contributed by atoms with Gasteiger partial charge in [0.05, 0.1) is 6.10 Å². The molecule has 0 aliphatic heterocycles. The van der Waals surface area contributed by atoms with Crippen molar-refractivity contribution in [1.29, 1.82) is 0 Å². The van der Waals surface area contributed by atoms with E-state index >= 15 is 0 Å². The SMILES string of the molecule is CC(C)Oc1cccc(C(C)NC(C)c2sccc2Br)c1. The van der Waals surface area contributed by atoms with Crippen LogP contribution in [-0.2, 0) is 0 Å². The van der Waals surface area contributed by atoms with E-state index < -0.39 is 0 Å². The number of hydrogen-bond donors (Lipinski definition) is 1. The molecule has 4 heteroatoms. The second-order valence-corrected chi connectivity index (χ2v) is 7.28. The first-order valence-corrected chi connectivity index (χ1v) is 8.90. The lowest BCUT2D eigenvalue weighted by atomic mass is 10.1. The average Bonchev–Trinajstić information content (AvgIpc) is 2.84. The maximum Gasteiger partial charge on any atom is 0.120 e. The highest BCUT2D eigenvalue weighted by Gasteiger charge is 2.15. The van der Waals surface area contributed by atoms with Gasteiger partial charge in [0.15, 0.2) is 0 Å². The fraction of sp³-hybridized carbons (Fsp3) is 0.412. The molecule has 1 aromatic heterocycles. The number of thiophene rings is 1. The minimum absolute atomic E-state index is 0.199. The van der Waals surface area contributed by atoms with Crippen LogP contribution < -0.4 is 10.1 Å². The molecule has 1 aromatic carbocycles. The van der Waals surface area contributed by atoms with Gasteiger partial charge in [0.1, 0.15) is 5.75 Å². The molecule has 2 nitrogen and oxygen atoms in total. The zero-order valence-electron chi connectivity index (χ0n) is 12.9. The van der Waals surface area contributed by atoms with E-state index in [1.165, 1.54) is 14.9 Å². The lowest BCUT2D eigenvalue weighted by molar-refractivity contribution is 0.242. The third kappa shape index (κ3) is 4.56. The molecular weight excluding hydrogens is 346 g/mol. The van der Waals surface area contributed by atoms with Crippen molar-refractivity contribution in [2.24, 2.45) is 0 Å². The van der Waals surface area contributed by atoms with Crippen molar-refractivity contribution in [3.05, 3.63) is 50.6 Å². The van der Waals surface area contributed by atoms with E-state index in [1.807, 2.05) is 19.9 Å². The monoisotopic (exact) mass is 367 g/mol. The van der Waals surface area contributed by atoms with Crippen LogP contribution in [0.5, 0.6) is 5.75 Å². The Labute approximate surface area is 139 Å². The largest absolute Gasteiger partial charge is 0.491 e. The van der Waals surface area contributed by atoms with Gasteiger partial charge < -0.3 is 10.1 Å². The fourth-order valence-corrected chi connectivity index (χ4v) is 4.03. The number of benzene rings is 1. The van der Waals surface area contributed by atoms with Crippen LogP contribution >= 0.6 is 27.3 Å². The molecule has 0 spiro atoms. The summed E-state index contributed by atoms with van der Waals surface area (Å²) in [6.07, 6.45) is 0.199. The normalized spacial score (nSPS) is 14.2. The molecule has 2 atom stereocenters. The number of ether oxygens (including phenoxy) is 1. The number of rotatable bonds is 6. The zero-order chi connectivity index (χ0) is 15.4. The Bertz CT molecular complexity index is 582. The van der Waals surface area contributed by atoms with Crippen molar-refractivity contribution in [3.63, 3.8) is 0 Å². The predicted octanol–water partition coefficient (Wildman–Crippen LogP) is 5.71. The summed E-state index contributed by atoms with van der Waals surface area (Å²) in [5, 5.41) is 5.76. The van der Waals surface area contributed by atoms with Gasteiger partial charge in [0.25, 0.3) is 0 Å². The van der Waals surface area contributed by atoms with E-state index in [0.29, 0.717) is 6.04 Å². The van der Waals surface area contributed by atoms with Gasteiger partial charge in [-0.1, -0.05) is 12.1 Å². The van der Waals surface area contributed by atoms with Gasteiger partial charge in [-0.2, -0.15) is 0 Å². The van der Waals surface area contributed by atoms with Crippen LogP contribution in [0.1, 0.15) is 50.2 Å². The Hall–Kier alpha value is -0.840. The maximum absolute atomic E-state index is 5.77. The minimum Gasteiger partial charge on any atom is -0.491 e. The highest BCUT2D eigenvalue weighted by atomic mass is 79.9. The molecule has 114 valence electrons. The Balaban J connectivity index is 2.06. The van der Waals surface area contributed by atoms with E-state index in [0.717, 1.165) is 5.75 Å². The average molecular weight is 368 g/mol. The molecular formula is C17H22BrNOS. The van der Waals surface area contributed by atoms with Crippen molar-refractivity contribution in [3.8, 4) is 5.75 Å². The van der Waals surface area contributed by atoms with Crippen LogP contribution in [0.15, 0.2) is 40.2 Å². The highest BCUT2D eigenvalue weighted by molar-refractivity contribution is 9.10. The molecule has 0 saturated heterocycles. The third-order valence-electron chi connectivity index (χ3n) is 3.27. The molecule has 0 bridgehead atoms. The van der Waals surface area contributed by atoms with Crippen molar-refractivity contribution in [2.45, 2.75) is 45.9 Å². The summed E-state index contributed by atoms with van der Waals surface area (Å²) in [6, 6.07) is 11.0. The second kappa shape index (κ2) is 7.43. The first-order chi connectivity index (χ1) is 9.97. The first kappa shape index (κ1) is 16.5. The molecule has 0 saturated carbocycles. The van der Waals surface area contributed by atoms with Gasteiger partial charge in [0, 0.05) is 21.4 Å². The Morgan fingerprint density at radius 2 is 1.86 bits per heavy atom. The van der Waals surface area contributed by atoms with Crippen molar-refractivity contribution in [2.75, 3.05) is 0 Å². The van der Waals surface area contributed by atoms with E-state index in [2.05, 4.69) is 64.7 Å². The summed E-state index contributed by atoms with van der Waals surface area (Å²) in [5.41, 5.74) is 1.24. The maximum atomic E-state index is 5.77. The number of halogens is 1. The molecule has 2 unspecified atom stereocenters. The number of hydrogen-bond acceptors (Lipinski definition) is 3. The van der Waals surface area contributed by atoms with Gasteiger partial charge in [-0.3, -0.25) is 0 Å². The Morgan fingerprint density at radius 3 is 2.48 bits per heavy atom. The summed E-state index contributed by atoms with van der Waals surface area (Å²) < 4.78 is 6.95. The minimum atomic E-state index is 0.199. The van der Waals surface area contributed by atoms with Gasteiger partial charge in [-0.15, -0.1) is 11.3 Å². The van der Waals surface area contributed by atoms with Crippen LogP contribution in [-0.4, -0.2) is 6.10 Å². The van der Waals surface area contributed by atoms with Crippen LogP contribution in [0.4, 0.5) is 0 Å². The lowest BCUT2D eigenvalue weighted by Gasteiger charge is -2.21. The fourth-order valence-electron chi connectivity index (χ4n) is 2.29. The highest BCUT2D eigenvalue weighted by Crippen LogP contribution is 2.30. The molecule has 0 fully saturated rings. The summed E-state index contributed by atoms with van der Waals surface area (Å²) in [5.74, 6) is 0.932. The van der Waals surface area contributed by atoms with Gasteiger partial charge in [-0.25, -0.2) is 0 Å². The van der Waals surface area contributed by atoms with E-state index in [-0.39, 0.29) is 12.1 Å². The summed E-state index contributed by atoms with van der Waals surface area (Å²) in [4.78, 5) is 1.33. The quantitative estimate of drug-likeness (QED) is 0.705. The topological polar surface area (TPSA) is 21.3 Å². The predicted molar refractivity (Wildman–Crippen MR) is 94.2 cm³/mol. The molecule has 0 aliphatic rings. The van der Waals surface area contributed by atoms with Crippen LogP contribution in [0, 0.1) is 0 Å². The molecule has 2 rings (SSSR count). The Kier molecular flexibility index (Phi) is 5.85. The second-order valence-electron chi connectivity index (χ2n) is 5.48. The van der Waals surface area contributed by atoms with E-state index in [4.69, 9.17) is 4.74 Å². The lowest BCUT2D eigenvalue weighted by Crippen LogP contribution is -2.22. The van der Waals surface area contributed by atoms with Crippen molar-refractivity contribution < 1.29 is 4.74 Å². The first-order valence-electron chi connectivity index (χ1n) is 7.23. The van der Waals surface area contributed by atoms with Crippen LogP contribution in [0.3, 0.4) is 0 Å². The van der Waals surface area contributed by atoms with Crippen LogP contribution in [0.2, 0.25) is 0 Å². The molecule has 2 aromatic rings. The standard InChI is InChI=1S/C17H22BrNOS/c1-11(2)20-15-7-5-6-14(10-15)12(3)19-13(4)17-16(18)8-9-21-17/h5-13,19H,1-4H3. The molecule has 0 amide bonds. The molecule has 1 N–H and O–H groups in total. The van der Waals surface area contributed by atoms with Crippen LogP contribution in [0.25, 0.3) is 0 Å². The smallest absolute Gasteiger partial charge is 0.120 e. The van der Waals surface area contributed by atoms with Crippen molar-refractivity contribution in [1.82, 2.24) is 5.32 Å². The third-order valence-corrected chi connectivity index (χ3v) is 5.32. The van der Waals surface area contributed by atoms with Gasteiger partial charge in [0.2, 0.25) is 0 Å². The van der Waals surface area contributed by atoms with Crippen molar-refractivity contribution >= 4 is 27.3 Å². The number of nitrogens with one attached hydrogen (secondary N) is 1. The molecule has 1 heterocycles. The van der Waals surface area contributed by atoms with E-state index in [1.54, 1.807) is 11.3 Å². The molecule has 21 heavy (non-hydrogen) atoms. The summed E-state index contributed by atoms with van der Waals surface area (Å²) in [6.45, 7) is 8.48. The molecule has 0 aliphatic carbocycles. The summed E-state index contributed by atoms with van der Waals surface area (Å²) in [7, 11) is 0. The molecule has 0 radical (unpaired) electrons. The Morgan fingerprint density at radius 1 is 1.10 bits per heavy atom.